The van der Waals surface area contributed by atoms with Crippen molar-refractivity contribution in [2.24, 2.45) is 0 Å². The normalized spacial score (nSPS) is 13.7. The van der Waals surface area contributed by atoms with Crippen LogP contribution in [0, 0.1) is 6.92 Å². The lowest BCUT2D eigenvalue weighted by molar-refractivity contribution is -0.115. The van der Waals surface area contributed by atoms with Gasteiger partial charge in [-0.2, -0.15) is 0 Å². The number of nitrogens with zero attached hydrogens (tertiary/aromatic N) is 2. The van der Waals surface area contributed by atoms with Crippen molar-refractivity contribution in [2.75, 3.05) is 36.4 Å². The number of halogens is 1. The summed E-state index contributed by atoms with van der Waals surface area (Å²) in [5.74, 6) is -0.0481. The van der Waals surface area contributed by atoms with Gasteiger partial charge in [-0.3, -0.25) is 9.59 Å². The summed E-state index contributed by atoms with van der Waals surface area (Å²) < 4.78 is 0. The van der Waals surface area contributed by atoms with E-state index in [2.05, 4.69) is 10.2 Å². The van der Waals surface area contributed by atoms with E-state index in [1.165, 1.54) is 0 Å². The van der Waals surface area contributed by atoms with Gasteiger partial charge in [0.05, 0.1) is 22.8 Å². The molecule has 0 atom stereocenters. The summed E-state index contributed by atoms with van der Waals surface area (Å²) in [5.41, 5.74) is 4.29. The molecule has 0 aliphatic carbocycles. The number of carbonyl (C=O) groups excluding carboxylic acids is 2. The number of benzene rings is 3. The second-order valence-corrected chi connectivity index (χ2v) is 8.40. The molecule has 3 aromatic rings. The lowest BCUT2D eigenvalue weighted by Crippen LogP contribution is -2.49. The molecule has 5 nitrogen and oxygen atoms in total. The van der Waals surface area contributed by atoms with Crippen LogP contribution in [-0.2, 0) is 11.2 Å². The molecule has 0 spiro atoms. The maximum absolute atomic E-state index is 12.8. The largest absolute Gasteiger partial charge is 0.365 e. The summed E-state index contributed by atoms with van der Waals surface area (Å²) in [7, 11) is 0. The van der Waals surface area contributed by atoms with Crippen LogP contribution >= 0.6 is 11.6 Å². The van der Waals surface area contributed by atoms with Crippen molar-refractivity contribution in [3.05, 3.63) is 94.5 Å². The Morgan fingerprint density at radius 2 is 1.56 bits per heavy atom. The van der Waals surface area contributed by atoms with Gasteiger partial charge in [0.1, 0.15) is 0 Å². The van der Waals surface area contributed by atoms with Crippen molar-refractivity contribution in [2.45, 2.75) is 13.3 Å². The van der Waals surface area contributed by atoms with Crippen molar-refractivity contribution >= 4 is 34.8 Å². The van der Waals surface area contributed by atoms with Gasteiger partial charge in [0, 0.05) is 31.7 Å². The third-order valence-corrected chi connectivity index (χ3v) is 5.96. The molecule has 6 heteroatoms. The van der Waals surface area contributed by atoms with E-state index in [9.17, 15) is 9.59 Å². The highest BCUT2D eigenvalue weighted by Crippen LogP contribution is 2.34. The van der Waals surface area contributed by atoms with E-state index in [0.717, 1.165) is 16.8 Å². The number of amides is 2. The van der Waals surface area contributed by atoms with Crippen molar-refractivity contribution in [3.8, 4) is 0 Å². The van der Waals surface area contributed by atoms with Gasteiger partial charge < -0.3 is 15.1 Å². The smallest absolute Gasteiger partial charge is 0.253 e. The summed E-state index contributed by atoms with van der Waals surface area (Å²) in [5, 5.41) is 3.60. The molecule has 2 amide bonds. The van der Waals surface area contributed by atoms with Crippen LogP contribution in [0.1, 0.15) is 21.5 Å². The Labute approximate surface area is 193 Å². The monoisotopic (exact) mass is 447 g/mol. The van der Waals surface area contributed by atoms with Crippen LogP contribution in [0.4, 0.5) is 11.4 Å². The average molecular weight is 448 g/mol. The quantitative estimate of drug-likeness (QED) is 0.611. The van der Waals surface area contributed by atoms with E-state index in [-0.39, 0.29) is 11.8 Å². The van der Waals surface area contributed by atoms with Gasteiger partial charge in [0.25, 0.3) is 5.91 Å². The number of anilines is 2. The molecular weight excluding hydrogens is 422 g/mol. The van der Waals surface area contributed by atoms with E-state index in [1.807, 2.05) is 84.6 Å². The number of para-hydroxylation sites is 1. The fraction of sp³-hybridized carbons (Fsp3) is 0.231. The Bertz CT molecular complexity index is 1090. The lowest BCUT2D eigenvalue weighted by Gasteiger charge is -2.37. The Hall–Kier alpha value is -3.31. The minimum atomic E-state index is -0.0899. The first-order valence-corrected chi connectivity index (χ1v) is 11.1. The highest BCUT2D eigenvalue weighted by Gasteiger charge is 2.25. The van der Waals surface area contributed by atoms with Gasteiger partial charge >= 0.3 is 0 Å². The van der Waals surface area contributed by atoms with Crippen molar-refractivity contribution in [1.82, 2.24) is 4.90 Å². The van der Waals surface area contributed by atoms with E-state index in [1.54, 1.807) is 0 Å². The molecule has 0 aromatic heterocycles. The van der Waals surface area contributed by atoms with Crippen LogP contribution in [0.5, 0.6) is 0 Å². The lowest BCUT2D eigenvalue weighted by atomic mass is 10.1. The number of carbonyl (C=O) groups is 2. The zero-order chi connectivity index (χ0) is 22.5. The molecule has 0 unspecified atom stereocenters. The first-order chi connectivity index (χ1) is 15.5. The minimum absolute atomic E-state index is 0.0418. The third-order valence-electron chi connectivity index (χ3n) is 5.65. The summed E-state index contributed by atoms with van der Waals surface area (Å²) in [6.07, 6.45) is 0.297. The molecule has 1 aliphatic heterocycles. The van der Waals surface area contributed by atoms with E-state index in [0.29, 0.717) is 48.9 Å². The minimum Gasteiger partial charge on any atom is -0.365 e. The maximum Gasteiger partial charge on any atom is 0.253 e. The SMILES string of the molecule is Cc1ccc(C(=O)N2CCN(c3c(Cl)cccc3NC(=O)Cc3ccccc3)CC2)cc1. The average Bonchev–Trinajstić information content (AvgIpc) is 2.80. The number of aryl methyl sites for hydroxylation is 1. The Morgan fingerprint density at radius 3 is 2.25 bits per heavy atom. The molecular formula is C26H26ClN3O2. The third kappa shape index (κ3) is 5.11. The summed E-state index contributed by atoms with van der Waals surface area (Å²) >= 11 is 6.54. The molecule has 1 aliphatic rings. The van der Waals surface area contributed by atoms with Crippen LogP contribution < -0.4 is 10.2 Å². The molecule has 1 fully saturated rings. The molecule has 1 N–H and O–H groups in total. The van der Waals surface area contributed by atoms with Crippen LogP contribution in [-0.4, -0.2) is 42.9 Å². The highest BCUT2D eigenvalue weighted by molar-refractivity contribution is 6.34. The Balaban J connectivity index is 1.43. The molecule has 0 saturated carbocycles. The number of piperazine rings is 1. The molecule has 3 aromatic carbocycles. The van der Waals surface area contributed by atoms with Gasteiger partial charge in [-0.25, -0.2) is 0 Å². The van der Waals surface area contributed by atoms with Crippen molar-refractivity contribution in [1.29, 1.82) is 0 Å². The van der Waals surface area contributed by atoms with E-state index >= 15 is 0 Å². The van der Waals surface area contributed by atoms with Crippen LogP contribution in [0.25, 0.3) is 0 Å². The van der Waals surface area contributed by atoms with Gasteiger partial charge in [-0.1, -0.05) is 65.7 Å². The topological polar surface area (TPSA) is 52.7 Å². The molecule has 0 bridgehead atoms. The second kappa shape index (κ2) is 9.88. The predicted molar refractivity (Wildman–Crippen MR) is 130 cm³/mol. The summed E-state index contributed by atoms with van der Waals surface area (Å²) in [6, 6.07) is 22.8. The fourth-order valence-electron chi connectivity index (χ4n) is 3.93. The maximum atomic E-state index is 12.8. The first kappa shape index (κ1) is 21.9. The summed E-state index contributed by atoms with van der Waals surface area (Å²) in [4.78, 5) is 29.5. The molecule has 4 rings (SSSR count). The van der Waals surface area contributed by atoms with Crippen LogP contribution in [0.15, 0.2) is 72.8 Å². The summed E-state index contributed by atoms with van der Waals surface area (Å²) in [6.45, 7) is 4.48. The zero-order valence-corrected chi connectivity index (χ0v) is 18.8. The molecule has 32 heavy (non-hydrogen) atoms. The number of nitrogens with one attached hydrogen (secondary N) is 1. The van der Waals surface area contributed by atoms with Crippen LogP contribution in [0.2, 0.25) is 5.02 Å². The standard InChI is InChI=1S/C26H26ClN3O2/c1-19-10-12-21(13-11-19)26(32)30-16-14-29(15-17-30)25-22(27)8-5-9-23(25)28-24(31)18-20-6-3-2-4-7-20/h2-13H,14-18H2,1H3,(H,28,31). The molecule has 1 saturated heterocycles. The van der Waals surface area contributed by atoms with Crippen LogP contribution in [0.3, 0.4) is 0 Å². The molecule has 1 heterocycles. The van der Waals surface area contributed by atoms with E-state index < -0.39 is 0 Å². The number of hydrogen-bond donors (Lipinski definition) is 1. The van der Waals surface area contributed by atoms with Gasteiger partial charge in [0.2, 0.25) is 5.91 Å². The van der Waals surface area contributed by atoms with Crippen molar-refractivity contribution in [3.63, 3.8) is 0 Å². The molecule has 0 radical (unpaired) electrons. The van der Waals surface area contributed by atoms with Gasteiger partial charge in [-0.05, 0) is 36.8 Å². The fourth-order valence-corrected chi connectivity index (χ4v) is 4.22. The van der Waals surface area contributed by atoms with Gasteiger partial charge in [-0.15, -0.1) is 0 Å². The second-order valence-electron chi connectivity index (χ2n) is 7.99. The Morgan fingerprint density at radius 1 is 0.875 bits per heavy atom. The first-order valence-electron chi connectivity index (χ1n) is 10.7. The zero-order valence-electron chi connectivity index (χ0n) is 18.1. The Kier molecular flexibility index (Phi) is 6.76. The van der Waals surface area contributed by atoms with Gasteiger partial charge in [0.15, 0.2) is 0 Å². The predicted octanol–water partition coefficient (Wildman–Crippen LogP) is 4.79. The van der Waals surface area contributed by atoms with Crippen molar-refractivity contribution < 1.29 is 9.59 Å². The number of rotatable bonds is 5. The number of hydrogen-bond acceptors (Lipinski definition) is 3. The molecule has 164 valence electrons. The highest BCUT2D eigenvalue weighted by atomic mass is 35.5. The van der Waals surface area contributed by atoms with E-state index in [4.69, 9.17) is 11.6 Å².